The van der Waals surface area contributed by atoms with Gasteiger partial charge in [0.15, 0.2) is 0 Å². The third kappa shape index (κ3) is 4.58. The molecule has 0 bridgehead atoms. The molecular weight excluding hydrogens is 408 g/mol. The highest BCUT2D eigenvalue weighted by atomic mass is 16.3. The first-order valence-electron chi connectivity index (χ1n) is 12.2. The highest BCUT2D eigenvalue weighted by Gasteiger charge is 2.43. The molecular formula is C29H32N2O2. The second-order valence-corrected chi connectivity index (χ2v) is 9.59. The third-order valence-corrected chi connectivity index (χ3v) is 7.52. The molecule has 2 aromatic carbocycles. The van der Waals surface area contributed by atoms with Crippen LogP contribution in [0.3, 0.4) is 0 Å². The van der Waals surface area contributed by atoms with Crippen molar-refractivity contribution in [2.75, 3.05) is 6.61 Å². The van der Waals surface area contributed by atoms with E-state index in [0.29, 0.717) is 6.04 Å². The fourth-order valence-corrected chi connectivity index (χ4v) is 5.53. The number of aliphatic hydroxyl groups excluding tert-OH is 1. The van der Waals surface area contributed by atoms with Crippen molar-refractivity contribution >= 4 is 5.91 Å². The number of hydrogen-bond donors (Lipinski definition) is 1. The molecule has 1 N–H and O–H groups in total. The van der Waals surface area contributed by atoms with Gasteiger partial charge in [0.2, 0.25) is 0 Å². The van der Waals surface area contributed by atoms with E-state index in [0.717, 1.165) is 67.3 Å². The standard InChI is InChI=1S/C29H32N2O2/c32-21-19-29(27-8-4-5-20-30-27)17-15-26(16-18-29)31(25-13-14-25)28(33)24-11-9-23(10-12-24)22-6-2-1-3-7-22/h1-12,20,25-26,32H,13-19,21H2/t26-,29-. The number of amides is 1. The summed E-state index contributed by atoms with van der Waals surface area (Å²) in [6, 6.07) is 25.0. The topological polar surface area (TPSA) is 53.4 Å². The maximum absolute atomic E-state index is 13.6. The normalized spacial score (nSPS) is 22.6. The molecule has 170 valence electrons. The Morgan fingerprint density at radius 3 is 2.09 bits per heavy atom. The number of aromatic nitrogens is 1. The largest absolute Gasteiger partial charge is 0.396 e. The van der Waals surface area contributed by atoms with Crippen molar-refractivity contribution in [2.24, 2.45) is 0 Å². The van der Waals surface area contributed by atoms with E-state index in [2.05, 4.69) is 40.2 Å². The molecule has 2 fully saturated rings. The number of pyridine rings is 1. The molecule has 2 saturated carbocycles. The van der Waals surface area contributed by atoms with Crippen LogP contribution in [0, 0.1) is 0 Å². The van der Waals surface area contributed by atoms with Crippen molar-refractivity contribution in [3.05, 3.63) is 90.3 Å². The molecule has 3 aromatic rings. The smallest absolute Gasteiger partial charge is 0.254 e. The molecule has 0 unspecified atom stereocenters. The lowest BCUT2D eigenvalue weighted by Gasteiger charge is -2.43. The number of benzene rings is 2. The summed E-state index contributed by atoms with van der Waals surface area (Å²) in [5.74, 6) is 0.162. The quantitative estimate of drug-likeness (QED) is 0.519. The molecule has 0 aliphatic heterocycles. The van der Waals surface area contributed by atoms with Gasteiger partial charge in [-0.1, -0.05) is 48.5 Å². The van der Waals surface area contributed by atoms with Crippen LogP contribution in [0.15, 0.2) is 79.0 Å². The average molecular weight is 441 g/mol. The van der Waals surface area contributed by atoms with Gasteiger partial charge in [-0.25, -0.2) is 0 Å². The van der Waals surface area contributed by atoms with Crippen LogP contribution in [0.5, 0.6) is 0 Å². The van der Waals surface area contributed by atoms with Crippen LogP contribution in [-0.2, 0) is 5.41 Å². The van der Waals surface area contributed by atoms with Gasteiger partial charge in [-0.2, -0.15) is 0 Å². The second kappa shape index (κ2) is 9.48. The van der Waals surface area contributed by atoms with E-state index in [1.54, 1.807) is 0 Å². The Kier molecular flexibility index (Phi) is 6.28. The van der Waals surface area contributed by atoms with E-state index >= 15 is 0 Å². The molecule has 2 aliphatic carbocycles. The minimum absolute atomic E-state index is 0.0812. The molecule has 4 nitrogen and oxygen atoms in total. The Bertz CT molecular complexity index is 1050. The minimum atomic E-state index is -0.0812. The molecule has 4 heteroatoms. The van der Waals surface area contributed by atoms with Crippen molar-refractivity contribution in [1.29, 1.82) is 0 Å². The van der Waals surface area contributed by atoms with Crippen molar-refractivity contribution in [1.82, 2.24) is 9.88 Å². The van der Waals surface area contributed by atoms with Gasteiger partial charge >= 0.3 is 0 Å². The summed E-state index contributed by atoms with van der Waals surface area (Å²) in [5, 5.41) is 9.77. The van der Waals surface area contributed by atoms with E-state index in [-0.39, 0.29) is 24.0 Å². The fourth-order valence-electron chi connectivity index (χ4n) is 5.53. The Morgan fingerprint density at radius 2 is 1.48 bits per heavy atom. The van der Waals surface area contributed by atoms with Gasteiger partial charge in [0.1, 0.15) is 0 Å². The van der Waals surface area contributed by atoms with Gasteiger partial charge in [-0.3, -0.25) is 9.78 Å². The summed E-state index contributed by atoms with van der Waals surface area (Å²) in [7, 11) is 0. The highest BCUT2D eigenvalue weighted by Crippen LogP contribution is 2.44. The molecule has 0 saturated heterocycles. The van der Waals surface area contributed by atoms with Crippen LogP contribution >= 0.6 is 0 Å². The summed E-state index contributed by atoms with van der Waals surface area (Å²) in [5.41, 5.74) is 4.07. The van der Waals surface area contributed by atoms with Gasteiger partial charge < -0.3 is 10.0 Å². The molecule has 2 aliphatic rings. The number of hydrogen-bond acceptors (Lipinski definition) is 3. The summed E-state index contributed by atoms with van der Waals surface area (Å²) in [4.78, 5) is 20.4. The molecule has 33 heavy (non-hydrogen) atoms. The van der Waals surface area contributed by atoms with E-state index in [1.807, 2.05) is 48.7 Å². The average Bonchev–Trinajstić information content (AvgIpc) is 3.72. The van der Waals surface area contributed by atoms with Crippen LogP contribution in [0.4, 0.5) is 0 Å². The van der Waals surface area contributed by atoms with Crippen molar-refractivity contribution in [2.45, 2.75) is 62.4 Å². The number of carbonyl (C=O) groups excluding carboxylic acids is 1. The van der Waals surface area contributed by atoms with Gasteiger partial charge in [-0.05, 0) is 80.3 Å². The number of nitrogens with zero attached hydrogens (tertiary/aromatic N) is 2. The summed E-state index contributed by atoms with van der Waals surface area (Å²) >= 11 is 0. The maximum atomic E-state index is 13.6. The molecule has 0 atom stereocenters. The van der Waals surface area contributed by atoms with Crippen LogP contribution in [0.2, 0.25) is 0 Å². The predicted molar refractivity (Wildman–Crippen MR) is 131 cm³/mol. The lowest BCUT2D eigenvalue weighted by atomic mass is 9.68. The summed E-state index contributed by atoms with van der Waals surface area (Å²) in [6.07, 6.45) is 8.62. The molecule has 0 spiro atoms. The van der Waals surface area contributed by atoms with Gasteiger partial charge in [0, 0.05) is 41.6 Å². The van der Waals surface area contributed by atoms with Crippen LogP contribution in [-0.4, -0.2) is 39.6 Å². The Labute approximate surface area is 196 Å². The van der Waals surface area contributed by atoms with Gasteiger partial charge in [0.05, 0.1) is 0 Å². The molecule has 1 heterocycles. The first kappa shape index (κ1) is 21.8. The van der Waals surface area contributed by atoms with Crippen molar-refractivity contribution in [3.63, 3.8) is 0 Å². The Morgan fingerprint density at radius 1 is 0.848 bits per heavy atom. The van der Waals surface area contributed by atoms with E-state index in [4.69, 9.17) is 0 Å². The summed E-state index contributed by atoms with van der Waals surface area (Å²) < 4.78 is 0. The van der Waals surface area contributed by atoms with Gasteiger partial charge in [-0.15, -0.1) is 0 Å². The lowest BCUT2D eigenvalue weighted by molar-refractivity contribution is 0.0548. The van der Waals surface area contributed by atoms with Crippen LogP contribution in [0.25, 0.3) is 11.1 Å². The predicted octanol–water partition coefficient (Wildman–Crippen LogP) is 5.62. The Balaban J connectivity index is 1.32. The van der Waals surface area contributed by atoms with E-state index < -0.39 is 0 Å². The molecule has 1 aromatic heterocycles. The zero-order valence-corrected chi connectivity index (χ0v) is 19.1. The van der Waals surface area contributed by atoms with Crippen LogP contribution in [0.1, 0.15) is 61.0 Å². The van der Waals surface area contributed by atoms with Crippen molar-refractivity contribution in [3.8, 4) is 11.1 Å². The second-order valence-electron chi connectivity index (χ2n) is 9.59. The zero-order chi connectivity index (χ0) is 22.7. The molecule has 0 radical (unpaired) electrons. The van der Waals surface area contributed by atoms with E-state index in [1.165, 1.54) is 0 Å². The molecule has 5 rings (SSSR count). The van der Waals surface area contributed by atoms with Gasteiger partial charge in [0.25, 0.3) is 5.91 Å². The SMILES string of the molecule is O=C(c1ccc(-c2ccccc2)cc1)N(C1CC1)[C@H]1CC[C@](CCO)(c2ccccn2)CC1. The first-order valence-corrected chi connectivity index (χ1v) is 12.2. The van der Waals surface area contributed by atoms with Crippen LogP contribution < -0.4 is 0 Å². The highest BCUT2D eigenvalue weighted by molar-refractivity contribution is 5.95. The summed E-state index contributed by atoms with van der Waals surface area (Å²) in [6.45, 7) is 0.167. The first-order chi connectivity index (χ1) is 16.2. The fraction of sp³-hybridized carbons (Fsp3) is 0.379. The third-order valence-electron chi connectivity index (χ3n) is 7.52. The maximum Gasteiger partial charge on any atom is 0.254 e. The zero-order valence-electron chi connectivity index (χ0n) is 19.1. The Hall–Kier alpha value is -2.98. The number of carbonyl (C=O) groups is 1. The van der Waals surface area contributed by atoms with E-state index in [9.17, 15) is 9.90 Å². The number of aliphatic hydroxyl groups is 1. The monoisotopic (exact) mass is 440 g/mol. The van der Waals surface area contributed by atoms with Crippen molar-refractivity contribution < 1.29 is 9.90 Å². The number of rotatable bonds is 7. The lowest BCUT2D eigenvalue weighted by Crippen LogP contribution is -2.47. The minimum Gasteiger partial charge on any atom is -0.396 e. The molecule has 1 amide bonds.